The SMILES string of the molecule is F.[Na+].[Na+].[O-2]. The van der Waals surface area contributed by atoms with Gasteiger partial charge in [-0.05, 0) is 0 Å². The summed E-state index contributed by atoms with van der Waals surface area (Å²) in [6, 6.07) is 0. The van der Waals surface area contributed by atoms with Crippen LogP contribution in [-0.2, 0) is 5.48 Å². The van der Waals surface area contributed by atoms with Gasteiger partial charge in [-0.15, -0.1) is 0 Å². The minimum Gasteiger partial charge on any atom is -2.00 e. The van der Waals surface area contributed by atoms with Crippen molar-refractivity contribution >= 4 is 0 Å². The second-order valence-corrected chi connectivity index (χ2v) is 0. The van der Waals surface area contributed by atoms with Gasteiger partial charge >= 0.3 is 59.1 Å². The zero-order valence-corrected chi connectivity index (χ0v) is 6.82. The smallest absolute Gasteiger partial charge is 1.00 e. The molecule has 0 radical (unpaired) electrons. The van der Waals surface area contributed by atoms with Crippen LogP contribution in [0.2, 0.25) is 0 Å². The van der Waals surface area contributed by atoms with Crippen molar-refractivity contribution in [1.29, 1.82) is 0 Å². The Morgan fingerprint density at radius 2 is 0.750 bits per heavy atom. The summed E-state index contributed by atoms with van der Waals surface area (Å²) in [5.41, 5.74) is 0. The third-order valence-electron chi connectivity index (χ3n) is 0. The Morgan fingerprint density at radius 3 is 0.750 bits per heavy atom. The van der Waals surface area contributed by atoms with E-state index < -0.39 is 0 Å². The molecular weight excluding hydrogens is 81.0 g/mol. The van der Waals surface area contributed by atoms with E-state index in [2.05, 4.69) is 0 Å². The molecular formula is HFNa2O. The van der Waals surface area contributed by atoms with Gasteiger partial charge in [0.1, 0.15) is 0 Å². The van der Waals surface area contributed by atoms with Crippen LogP contribution in [0.5, 0.6) is 0 Å². The molecule has 0 bridgehead atoms. The zero-order chi connectivity index (χ0) is 0. The number of hydrogen-bond donors (Lipinski definition) is 0. The summed E-state index contributed by atoms with van der Waals surface area (Å²) in [7, 11) is 0. The molecule has 0 aromatic carbocycles. The Hall–Kier alpha value is 1.89. The molecule has 1 nitrogen and oxygen atoms in total. The molecule has 16 valence electrons. The fourth-order valence-corrected chi connectivity index (χ4v) is 0. The zero-order valence-electron chi connectivity index (χ0n) is 2.82. The van der Waals surface area contributed by atoms with Crippen LogP contribution < -0.4 is 59.1 Å². The predicted octanol–water partition coefficient (Wildman–Crippen LogP) is -5.96. The average Bonchev–Trinajstić information content (AvgIpc) is 0. The monoisotopic (exact) mass is 82.0 g/mol. The van der Waals surface area contributed by atoms with E-state index in [-0.39, 0.29) is 69.3 Å². The normalized spacial score (nSPS) is 0. The molecule has 0 rings (SSSR count). The molecule has 4 heteroatoms. The Labute approximate surface area is 68.4 Å². The van der Waals surface area contributed by atoms with E-state index in [1.165, 1.54) is 0 Å². The third kappa shape index (κ3) is 9.10. The molecule has 0 aromatic heterocycles. The Kier molecular flexibility index (Phi) is 204. The molecule has 0 saturated carbocycles. The van der Waals surface area contributed by atoms with E-state index in [1.807, 2.05) is 0 Å². The van der Waals surface area contributed by atoms with Gasteiger partial charge < -0.3 is 5.48 Å². The van der Waals surface area contributed by atoms with Crippen LogP contribution in [-0.4, -0.2) is 0 Å². The van der Waals surface area contributed by atoms with Crippen molar-refractivity contribution in [3.63, 3.8) is 0 Å². The van der Waals surface area contributed by atoms with Crippen molar-refractivity contribution in [1.82, 2.24) is 0 Å². The third-order valence-corrected chi connectivity index (χ3v) is 0. The molecule has 0 saturated heterocycles. The van der Waals surface area contributed by atoms with Gasteiger partial charge in [-0.25, -0.2) is 0 Å². The van der Waals surface area contributed by atoms with Gasteiger partial charge in [0.05, 0.1) is 0 Å². The molecule has 0 fully saturated rings. The van der Waals surface area contributed by atoms with Crippen LogP contribution in [0.25, 0.3) is 0 Å². The first-order chi connectivity index (χ1) is 0. The maximum Gasteiger partial charge on any atom is 1.00 e. The fraction of sp³-hybridized carbons (Fsp3) is 0. The second kappa shape index (κ2) is 20.7. The molecule has 0 heterocycles. The summed E-state index contributed by atoms with van der Waals surface area (Å²) in [6.07, 6.45) is 0. The molecule has 0 aliphatic rings. The van der Waals surface area contributed by atoms with Crippen LogP contribution in [0, 0.1) is 0 Å². The number of rotatable bonds is 0. The van der Waals surface area contributed by atoms with E-state index in [1.54, 1.807) is 0 Å². The quantitative estimate of drug-likeness (QED) is 0.260. The van der Waals surface area contributed by atoms with Gasteiger partial charge in [0.15, 0.2) is 0 Å². The van der Waals surface area contributed by atoms with E-state index in [0.29, 0.717) is 0 Å². The van der Waals surface area contributed by atoms with E-state index >= 15 is 0 Å². The molecule has 0 spiro atoms. The van der Waals surface area contributed by atoms with Crippen molar-refractivity contribution in [2.24, 2.45) is 0 Å². The topological polar surface area (TPSA) is 28.5 Å². The van der Waals surface area contributed by atoms with Crippen LogP contribution in [0.15, 0.2) is 0 Å². The van der Waals surface area contributed by atoms with Crippen molar-refractivity contribution in [3.05, 3.63) is 0 Å². The molecule has 0 N–H and O–H groups in total. The predicted molar refractivity (Wildman–Crippen MR) is 3.19 cm³/mol. The van der Waals surface area contributed by atoms with E-state index in [4.69, 9.17) is 0 Å². The van der Waals surface area contributed by atoms with Crippen LogP contribution in [0.1, 0.15) is 0 Å². The largest absolute Gasteiger partial charge is 2.00 e. The van der Waals surface area contributed by atoms with Gasteiger partial charge in [0, 0.05) is 0 Å². The molecule has 0 unspecified atom stereocenters. The molecule has 0 aromatic rings. The number of hydrogen-bond acceptors (Lipinski definition) is 0. The van der Waals surface area contributed by atoms with E-state index in [0.717, 1.165) is 0 Å². The molecule has 4 heavy (non-hydrogen) atoms. The summed E-state index contributed by atoms with van der Waals surface area (Å²) in [6.45, 7) is 0. The summed E-state index contributed by atoms with van der Waals surface area (Å²) < 4.78 is 0. The average molecular weight is 82.0 g/mol. The Balaban J connectivity index is 0. The minimum atomic E-state index is 0. The Bertz CT molecular complexity index is 6.00. The van der Waals surface area contributed by atoms with Crippen LogP contribution in [0.3, 0.4) is 0 Å². The first kappa shape index (κ1) is 39.4. The maximum absolute atomic E-state index is 0. The maximum atomic E-state index is 0. The second-order valence-electron chi connectivity index (χ2n) is 0. The molecule has 0 amide bonds. The minimum absolute atomic E-state index is 0. The van der Waals surface area contributed by atoms with E-state index in [9.17, 15) is 0 Å². The Morgan fingerprint density at radius 1 is 0.750 bits per heavy atom. The van der Waals surface area contributed by atoms with Crippen molar-refractivity contribution in [3.8, 4) is 0 Å². The van der Waals surface area contributed by atoms with Gasteiger partial charge in [0.2, 0.25) is 0 Å². The van der Waals surface area contributed by atoms with Gasteiger partial charge in [-0.2, -0.15) is 0 Å². The molecule has 0 aliphatic carbocycles. The standard InChI is InChI=1S/FH.2Na.O/h1H;;;/q;2*+1;-2. The van der Waals surface area contributed by atoms with Crippen molar-refractivity contribution < 1.29 is 69.3 Å². The van der Waals surface area contributed by atoms with Crippen LogP contribution >= 0.6 is 0 Å². The molecule has 0 aliphatic heterocycles. The van der Waals surface area contributed by atoms with Gasteiger partial charge in [-0.3, -0.25) is 4.70 Å². The fourth-order valence-electron chi connectivity index (χ4n) is 0. The first-order valence-corrected chi connectivity index (χ1v) is 0. The summed E-state index contributed by atoms with van der Waals surface area (Å²) >= 11 is 0. The van der Waals surface area contributed by atoms with Crippen molar-refractivity contribution in [2.45, 2.75) is 0 Å². The van der Waals surface area contributed by atoms with Gasteiger partial charge in [0.25, 0.3) is 0 Å². The summed E-state index contributed by atoms with van der Waals surface area (Å²) in [5, 5.41) is 0. The number of halogens is 1. The first-order valence-electron chi connectivity index (χ1n) is 0. The summed E-state index contributed by atoms with van der Waals surface area (Å²) in [5.74, 6) is 0. The van der Waals surface area contributed by atoms with Crippen LogP contribution in [0.4, 0.5) is 4.70 Å². The van der Waals surface area contributed by atoms with Crippen molar-refractivity contribution in [2.75, 3.05) is 0 Å². The summed E-state index contributed by atoms with van der Waals surface area (Å²) in [4.78, 5) is 0. The molecule has 0 atom stereocenters. The van der Waals surface area contributed by atoms with Gasteiger partial charge in [-0.1, -0.05) is 0 Å².